The number of methoxy groups -OCH3 is 1. The van der Waals surface area contributed by atoms with Gasteiger partial charge >= 0.3 is 0 Å². The third-order valence-corrected chi connectivity index (χ3v) is 2.54. The number of rotatable bonds is 3. The molecule has 0 aliphatic rings. The Bertz CT molecular complexity index is 389. The zero-order chi connectivity index (χ0) is 11.4. The van der Waals surface area contributed by atoms with Crippen LogP contribution in [-0.2, 0) is 0 Å². The monoisotopic (exact) mass is 227 g/mol. The van der Waals surface area contributed by atoms with E-state index in [2.05, 4.69) is 0 Å². The van der Waals surface area contributed by atoms with Crippen LogP contribution in [0.15, 0.2) is 12.1 Å². The minimum Gasteiger partial charge on any atom is -0.504 e. The second kappa shape index (κ2) is 5.05. The highest BCUT2D eigenvalue weighted by Gasteiger charge is 2.12. The van der Waals surface area contributed by atoms with Crippen LogP contribution in [0, 0.1) is 6.92 Å². The van der Waals surface area contributed by atoms with Crippen molar-refractivity contribution in [1.29, 1.82) is 0 Å². The molecule has 0 aromatic heterocycles. The van der Waals surface area contributed by atoms with Crippen LogP contribution in [0.3, 0.4) is 0 Å². The highest BCUT2D eigenvalue weighted by molar-refractivity contribution is 6.31. The molecule has 15 heavy (non-hydrogen) atoms. The van der Waals surface area contributed by atoms with Gasteiger partial charge in [-0.3, -0.25) is 0 Å². The number of hydrogen-bond donors (Lipinski definition) is 2. The zero-order valence-corrected chi connectivity index (χ0v) is 9.51. The zero-order valence-electron chi connectivity index (χ0n) is 8.75. The van der Waals surface area contributed by atoms with Crippen molar-refractivity contribution in [3.05, 3.63) is 28.3 Å². The van der Waals surface area contributed by atoms with Crippen LogP contribution in [0.4, 0.5) is 0 Å². The van der Waals surface area contributed by atoms with Crippen LogP contribution >= 0.6 is 11.6 Å². The van der Waals surface area contributed by atoms with E-state index < -0.39 is 0 Å². The van der Waals surface area contributed by atoms with Crippen LogP contribution in [0.1, 0.15) is 11.1 Å². The van der Waals surface area contributed by atoms with Gasteiger partial charge in [-0.05, 0) is 12.5 Å². The average Bonchev–Trinajstić information content (AvgIpc) is 2.23. The number of phenolic OH excluding ortho intramolecular Hbond substituents is 1. The highest BCUT2D eigenvalue weighted by atomic mass is 35.5. The molecule has 0 saturated heterocycles. The van der Waals surface area contributed by atoms with Gasteiger partial charge in [-0.1, -0.05) is 23.8 Å². The van der Waals surface area contributed by atoms with Gasteiger partial charge in [0, 0.05) is 23.2 Å². The molecule has 3 N–H and O–H groups in total. The fourth-order valence-electron chi connectivity index (χ4n) is 1.28. The lowest BCUT2D eigenvalue weighted by Gasteiger charge is -2.10. The first-order valence-electron chi connectivity index (χ1n) is 4.54. The van der Waals surface area contributed by atoms with E-state index in [-0.39, 0.29) is 5.75 Å². The maximum Gasteiger partial charge on any atom is 0.165 e. The van der Waals surface area contributed by atoms with Gasteiger partial charge in [0.05, 0.1) is 7.11 Å². The smallest absolute Gasteiger partial charge is 0.165 e. The Morgan fingerprint density at radius 3 is 2.80 bits per heavy atom. The third-order valence-electron chi connectivity index (χ3n) is 2.15. The lowest BCUT2D eigenvalue weighted by molar-refractivity contribution is 0.372. The molecule has 0 heterocycles. The molecule has 0 atom stereocenters. The van der Waals surface area contributed by atoms with Gasteiger partial charge in [0.1, 0.15) is 0 Å². The normalized spacial score (nSPS) is 10.9. The molecule has 82 valence electrons. The SMILES string of the molecule is COc1cc(Cl)c(C)c(/C=C/CN)c1O. The fourth-order valence-corrected chi connectivity index (χ4v) is 1.48. The quantitative estimate of drug-likeness (QED) is 0.834. The molecule has 0 unspecified atom stereocenters. The van der Waals surface area contributed by atoms with Gasteiger partial charge in [0.2, 0.25) is 0 Å². The summed E-state index contributed by atoms with van der Waals surface area (Å²) in [7, 11) is 1.48. The van der Waals surface area contributed by atoms with Crippen molar-refractivity contribution in [1.82, 2.24) is 0 Å². The van der Waals surface area contributed by atoms with E-state index in [1.165, 1.54) is 7.11 Å². The number of nitrogens with two attached hydrogens (primary N) is 1. The summed E-state index contributed by atoms with van der Waals surface area (Å²) < 4.78 is 5.00. The van der Waals surface area contributed by atoms with Crippen molar-refractivity contribution in [3.8, 4) is 11.5 Å². The maximum absolute atomic E-state index is 9.84. The summed E-state index contributed by atoms with van der Waals surface area (Å²) in [6.45, 7) is 2.24. The van der Waals surface area contributed by atoms with Crippen LogP contribution < -0.4 is 10.5 Å². The van der Waals surface area contributed by atoms with Crippen LogP contribution in [0.2, 0.25) is 5.02 Å². The predicted octanol–water partition coefficient (Wildman–Crippen LogP) is 2.33. The molecule has 1 rings (SSSR count). The second-order valence-corrected chi connectivity index (χ2v) is 3.49. The Balaban J connectivity index is 3.33. The molecule has 0 amide bonds. The Morgan fingerprint density at radius 1 is 1.60 bits per heavy atom. The molecule has 4 heteroatoms. The van der Waals surface area contributed by atoms with Gasteiger partial charge in [-0.15, -0.1) is 0 Å². The van der Waals surface area contributed by atoms with Crippen molar-refractivity contribution >= 4 is 17.7 Å². The van der Waals surface area contributed by atoms with Crippen LogP contribution in [0.5, 0.6) is 11.5 Å². The number of benzene rings is 1. The number of ether oxygens (including phenoxy) is 1. The number of phenols is 1. The summed E-state index contributed by atoms with van der Waals surface area (Å²) in [4.78, 5) is 0. The van der Waals surface area contributed by atoms with Crippen LogP contribution in [0.25, 0.3) is 6.08 Å². The Kier molecular flexibility index (Phi) is 4.00. The van der Waals surface area contributed by atoms with E-state index in [0.717, 1.165) is 5.56 Å². The van der Waals surface area contributed by atoms with E-state index in [1.807, 2.05) is 6.92 Å². The third kappa shape index (κ3) is 2.43. The first-order valence-corrected chi connectivity index (χ1v) is 4.92. The summed E-state index contributed by atoms with van der Waals surface area (Å²) in [5.74, 6) is 0.450. The Hall–Kier alpha value is -1.19. The van der Waals surface area contributed by atoms with Gasteiger partial charge in [0.15, 0.2) is 11.5 Å². The van der Waals surface area contributed by atoms with E-state index >= 15 is 0 Å². The summed E-state index contributed by atoms with van der Waals surface area (Å²) in [5.41, 5.74) is 6.80. The van der Waals surface area contributed by atoms with Crippen LogP contribution in [-0.4, -0.2) is 18.8 Å². The molecule has 3 nitrogen and oxygen atoms in total. The van der Waals surface area contributed by atoms with Crippen molar-refractivity contribution in [2.75, 3.05) is 13.7 Å². The van der Waals surface area contributed by atoms with Crippen molar-refractivity contribution < 1.29 is 9.84 Å². The largest absolute Gasteiger partial charge is 0.504 e. The second-order valence-electron chi connectivity index (χ2n) is 3.09. The van der Waals surface area contributed by atoms with Gasteiger partial charge in [-0.25, -0.2) is 0 Å². The Labute approximate surface area is 94.1 Å². The molecule has 0 aliphatic heterocycles. The first kappa shape index (κ1) is 11.9. The molecule has 0 spiro atoms. The molecule has 0 bridgehead atoms. The molecule has 0 aliphatic carbocycles. The standard InChI is InChI=1S/C11H14ClNO2/c1-7-8(4-3-5-13)11(14)10(15-2)6-9(7)12/h3-4,6,14H,5,13H2,1-2H3/b4-3+. The minimum absolute atomic E-state index is 0.0871. The first-order chi connectivity index (χ1) is 7.11. The summed E-state index contributed by atoms with van der Waals surface area (Å²) >= 11 is 5.99. The lowest BCUT2D eigenvalue weighted by Crippen LogP contribution is -1.94. The van der Waals surface area contributed by atoms with Crippen molar-refractivity contribution in [3.63, 3.8) is 0 Å². The number of hydrogen-bond acceptors (Lipinski definition) is 3. The number of halogens is 1. The van der Waals surface area contributed by atoms with Gasteiger partial charge in [0.25, 0.3) is 0 Å². The van der Waals surface area contributed by atoms with Gasteiger partial charge < -0.3 is 15.6 Å². The van der Waals surface area contributed by atoms with E-state index in [0.29, 0.717) is 22.9 Å². The summed E-state index contributed by atoms with van der Waals surface area (Å²) in [6.07, 6.45) is 3.48. The van der Waals surface area contributed by atoms with E-state index in [1.54, 1.807) is 18.2 Å². The highest BCUT2D eigenvalue weighted by Crippen LogP contribution is 2.37. The fraction of sp³-hybridized carbons (Fsp3) is 0.273. The lowest BCUT2D eigenvalue weighted by atomic mass is 10.1. The molecule has 0 radical (unpaired) electrons. The molecule has 1 aromatic carbocycles. The molecular formula is C11H14ClNO2. The maximum atomic E-state index is 9.84. The minimum atomic E-state index is 0.0871. The summed E-state index contributed by atoms with van der Waals surface area (Å²) in [6, 6.07) is 1.59. The van der Waals surface area contributed by atoms with Gasteiger partial charge in [-0.2, -0.15) is 0 Å². The number of aromatic hydroxyl groups is 1. The summed E-state index contributed by atoms with van der Waals surface area (Å²) in [5, 5.41) is 10.4. The molecule has 0 saturated carbocycles. The molecule has 0 fully saturated rings. The van der Waals surface area contributed by atoms with E-state index in [4.69, 9.17) is 22.1 Å². The van der Waals surface area contributed by atoms with E-state index in [9.17, 15) is 5.11 Å². The topological polar surface area (TPSA) is 55.5 Å². The Morgan fingerprint density at radius 2 is 2.27 bits per heavy atom. The average molecular weight is 228 g/mol. The predicted molar refractivity (Wildman–Crippen MR) is 62.5 cm³/mol. The molecule has 1 aromatic rings. The van der Waals surface area contributed by atoms with Crippen molar-refractivity contribution in [2.45, 2.75) is 6.92 Å². The molecular weight excluding hydrogens is 214 g/mol. The van der Waals surface area contributed by atoms with Crippen molar-refractivity contribution in [2.24, 2.45) is 5.73 Å².